The van der Waals surface area contributed by atoms with E-state index in [-0.39, 0.29) is 4.17 Å². The maximum Gasteiger partial charge on any atom is 0.154 e. The van der Waals surface area contributed by atoms with Gasteiger partial charge in [-0.3, -0.25) is 0 Å². The fourth-order valence-electron chi connectivity index (χ4n) is 1.89. The third-order valence-electron chi connectivity index (χ3n) is 3.12. The van der Waals surface area contributed by atoms with Crippen LogP contribution in [0.3, 0.4) is 0 Å². The molecule has 7 heteroatoms. The molecule has 112 valence electrons. The first-order chi connectivity index (χ1) is 9.28. The lowest BCUT2D eigenvalue weighted by Gasteiger charge is -2.23. The number of fused-ring (bicyclic) bond motifs is 1. The van der Waals surface area contributed by atoms with Crippen LogP contribution in [0.4, 0.5) is 11.4 Å². The van der Waals surface area contributed by atoms with Crippen molar-refractivity contribution in [1.29, 1.82) is 0 Å². The molecule has 1 aliphatic rings. The minimum absolute atomic E-state index is 0.212. The van der Waals surface area contributed by atoms with Crippen molar-refractivity contribution in [3.05, 3.63) is 20.7 Å². The quantitative estimate of drug-likeness (QED) is 0.184. The first-order valence-electron chi connectivity index (χ1n) is 6.52. The van der Waals surface area contributed by atoms with E-state index in [1.165, 1.54) is 11.7 Å². The predicted molar refractivity (Wildman–Crippen MR) is 107 cm³/mol. The molecule has 1 atom stereocenters. The van der Waals surface area contributed by atoms with E-state index in [9.17, 15) is 0 Å². The van der Waals surface area contributed by atoms with Crippen molar-refractivity contribution in [2.24, 2.45) is 0 Å². The number of anilines is 2. The highest BCUT2D eigenvalue weighted by molar-refractivity contribution is 14.1. The second-order valence-corrected chi connectivity index (χ2v) is 14.5. The van der Waals surface area contributed by atoms with Gasteiger partial charge in [-0.05, 0) is 63.4 Å². The number of halogens is 3. The van der Waals surface area contributed by atoms with Gasteiger partial charge in [0.05, 0.1) is 16.4 Å². The molecule has 2 rings (SSSR count). The molecule has 0 radical (unpaired) electrons. The third-order valence-corrected chi connectivity index (χ3v) is 7.34. The van der Waals surface area contributed by atoms with Crippen molar-refractivity contribution in [3.63, 3.8) is 0 Å². The molecule has 0 fully saturated rings. The highest BCUT2D eigenvalue weighted by Gasteiger charge is 2.27. The summed E-state index contributed by atoms with van der Waals surface area (Å²) in [6.45, 7) is 8.57. The molecule has 0 aromatic heterocycles. The highest BCUT2D eigenvalue weighted by atomic mass is 127. The average molecular weight is 537 g/mol. The van der Waals surface area contributed by atoms with Crippen LogP contribution in [0.2, 0.25) is 30.7 Å². The van der Waals surface area contributed by atoms with E-state index in [4.69, 9.17) is 16.3 Å². The number of rotatable bonds is 5. The minimum Gasteiger partial charge on any atom is -0.361 e. The van der Waals surface area contributed by atoms with Crippen LogP contribution >= 0.6 is 56.8 Å². The van der Waals surface area contributed by atoms with Gasteiger partial charge in [-0.2, -0.15) is 0 Å². The Morgan fingerprint density at radius 2 is 2.10 bits per heavy atom. The van der Waals surface area contributed by atoms with Gasteiger partial charge in [-0.15, -0.1) is 0 Å². The Morgan fingerprint density at radius 1 is 1.40 bits per heavy atom. The van der Waals surface area contributed by atoms with E-state index in [1.807, 2.05) is 6.07 Å². The Hall–Kier alpha value is 0.747. The van der Waals surface area contributed by atoms with Gasteiger partial charge < -0.3 is 15.0 Å². The molecule has 20 heavy (non-hydrogen) atoms. The molecular formula is C13H19ClI2N2OSi. The lowest BCUT2D eigenvalue weighted by molar-refractivity contribution is 0.147. The first-order valence-corrected chi connectivity index (χ1v) is 12.9. The standard InChI is InChI=1S/C13H19ClI2N2OSi/c1-20(2,3)5-4-19-8-18-12-7-10(15)9(14)6-11(12)17-13(18)16/h6-7,13,17H,4-5,8H2,1-3H3. The zero-order valence-corrected chi connectivity index (χ0v) is 17.9. The van der Waals surface area contributed by atoms with Crippen LogP contribution in [0.25, 0.3) is 0 Å². The summed E-state index contributed by atoms with van der Waals surface area (Å²) in [5.41, 5.74) is 2.26. The lowest BCUT2D eigenvalue weighted by Crippen LogP contribution is -2.33. The first kappa shape index (κ1) is 17.1. The monoisotopic (exact) mass is 536 g/mol. The van der Waals surface area contributed by atoms with E-state index in [0.717, 1.165) is 20.9 Å². The van der Waals surface area contributed by atoms with Gasteiger partial charge in [0.2, 0.25) is 0 Å². The van der Waals surface area contributed by atoms with Gasteiger partial charge in [0.1, 0.15) is 6.73 Å². The highest BCUT2D eigenvalue weighted by Crippen LogP contribution is 2.40. The van der Waals surface area contributed by atoms with Gasteiger partial charge in [0.15, 0.2) is 4.17 Å². The normalized spacial score (nSPS) is 18.1. The fourth-order valence-corrected chi connectivity index (χ4v) is 4.06. The SMILES string of the molecule is C[Si](C)(C)CCOCN1c2cc(I)c(Cl)cc2NC1I. The topological polar surface area (TPSA) is 24.5 Å². The van der Waals surface area contributed by atoms with Crippen LogP contribution in [0.15, 0.2) is 12.1 Å². The Bertz CT molecular complexity index is 496. The van der Waals surface area contributed by atoms with Crippen LogP contribution in [0.5, 0.6) is 0 Å². The van der Waals surface area contributed by atoms with Crippen molar-refractivity contribution in [1.82, 2.24) is 0 Å². The summed E-state index contributed by atoms with van der Waals surface area (Å²) in [7, 11) is -1.02. The molecule has 1 aliphatic heterocycles. The maximum atomic E-state index is 6.17. The third kappa shape index (κ3) is 4.37. The lowest BCUT2D eigenvalue weighted by atomic mass is 10.3. The zero-order valence-electron chi connectivity index (χ0n) is 11.8. The molecule has 0 saturated heterocycles. The number of nitrogens with zero attached hydrogens (tertiary/aromatic N) is 1. The van der Waals surface area contributed by atoms with Crippen LogP contribution in [0, 0.1) is 3.57 Å². The Kier molecular flexibility index (Phi) is 5.89. The summed E-state index contributed by atoms with van der Waals surface area (Å²) in [4.78, 5) is 2.23. The molecule has 1 aromatic rings. The number of nitrogens with one attached hydrogen (secondary N) is 1. The van der Waals surface area contributed by atoms with Gasteiger partial charge in [0, 0.05) is 18.3 Å². The van der Waals surface area contributed by atoms with Gasteiger partial charge >= 0.3 is 0 Å². The summed E-state index contributed by atoms with van der Waals surface area (Å²) >= 11 is 10.8. The second kappa shape index (κ2) is 6.89. The second-order valence-electron chi connectivity index (χ2n) is 6.08. The van der Waals surface area contributed by atoms with Gasteiger partial charge in [-0.25, -0.2) is 0 Å². The molecule has 0 bridgehead atoms. The number of alkyl halides is 1. The van der Waals surface area contributed by atoms with Crippen LogP contribution in [-0.2, 0) is 4.74 Å². The molecule has 1 unspecified atom stereocenters. The number of hydrogen-bond acceptors (Lipinski definition) is 3. The fraction of sp³-hybridized carbons (Fsp3) is 0.538. The number of ether oxygens (including phenoxy) is 1. The van der Waals surface area contributed by atoms with Crippen molar-refractivity contribution >= 4 is 76.2 Å². The zero-order chi connectivity index (χ0) is 14.9. The van der Waals surface area contributed by atoms with Gasteiger partial charge in [-0.1, -0.05) is 31.2 Å². The summed E-state index contributed by atoms with van der Waals surface area (Å²) < 4.78 is 7.15. The van der Waals surface area contributed by atoms with E-state index < -0.39 is 8.07 Å². The molecule has 0 spiro atoms. The molecule has 1 N–H and O–H groups in total. The Morgan fingerprint density at radius 3 is 2.75 bits per heavy atom. The van der Waals surface area contributed by atoms with Crippen molar-refractivity contribution < 1.29 is 4.74 Å². The number of benzene rings is 1. The minimum atomic E-state index is -1.02. The molecular weight excluding hydrogens is 518 g/mol. The largest absolute Gasteiger partial charge is 0.361 e. The Balaban J connectivity index is 1.98. The summed E-state index contributed by atoms with van der Waals surface area (Å²) in [5.74, 6) is 0. The summed E-state index contributed by atoms with van der Waals surface area (Å²) in [6.07, 6.45) is 0. The van der Waals surface area contributed by atoms with E-state index in [2.05, 4.69) is 81.1 Å². The van der Waals surface area contributed by atoms with Crippen molar-refractivity contribution in [2.75, 3.05) is 23.6 Å². The van der Waals surface area contributed by atoms with Crippen LogP contribution in [0.1, 0.15) is 0 Å². The molecule has 0 saturated carbocycles. The van der Waals surface area contributed by atoms with Crippen LogP contribution in [-0.4, -0.2) is 25.6 Å². The number of hydrogen-bond donors (Lipinski definition) is 1. The smallest absolute Gasteiger partial charge is 0.154 e. The van der Waals surface area contributed by atoms with Crippen molar-refractivity contribution in [3.8, 4) is 0 Å². The molecule has 0 amide bonds. The predicted octanol–water partition coefficient (Wildman–Crippen LogP) is 5.21. The summed E-state index contributed by atoms with van der Waals surface area (Å²) in [6, 6.07) is 5.31. The van der Waals surface area contributed by atoms with E-state index in [0.29, 0.717) is 6.73 Å². The summed E-state index contributed by atoms with van der Waals surface area (Å²) in [5, 5.41) is 4.22. The van der Waals surface area contributed by atoms with Crippen molar-refractivity contribution in [2.45, 2.75) is 29.9 Å². The van der Waals surface area contributed by atoms with E-state index in [1.54, 1.807) is 0 Å². The molecule has 3 nitrogen and oxygen atoms in total. The van der Waals surface area contributed by atoms with Crippen LogP contribution < -0.4 is 10.2 Å². The molecule has 1 aromatic carbocycles. The molecule has 0 aliphatic carbocycles. The Labute approximate surface area is 154 Å². The maximum absolute atomic E-state index is 6.17. The van der Waals surface area contributed by atoms with Gasteiger partial charge in [0.25, 0.3) is 0 Å². The molecule has 1 heterocycles. The average Bonchev–Trinajstić information content (AvgIpc) is 2.60. The van der Waals surface area contributed by atoms with E-state index >= 15 is 0 Å².